The van der Waals surface area contributed by atoms with Crippen molar-refractivity contribution in [2.75, 3.05) is 20.1 Å². The number of rotatable bonds is 9. The Hall–Kier alpha value is -1.38. The number of aliphatic hydroxyl groups is 1. The molecule has 2 unspecified atom stereocenters. The lowest BCUT2D eigenvalue weighted by Gasteiger charge is -2.41. The summed E-state index contributed by atoms with van der Waals surface area (Å²) in [5.74, 6) is 0.940. The van der Waals surface area contributed by atoms with Crippen molar-refractivity contribution < 1.29 is 5.11 Å². The van der Waals surface area contributed by atoms with Crippen LogP contribution in [0.2, 0.25) is 0 Å². The van der Waals surface area contributed by atoms with E-state index in [-0.39, 0.29) is 5.92 Å². The summed E-state index contributed by atoms with van der Waals surface area (Å²) in [6.07, 6.45) is 9.22. The van der Waals surface area contributed by atoms with Crippen molar-refractivity contribution in [3.63, 3.8) is 0 Å². The van der Waals surface area contributed by atoms with Crippen LogP contribution < -0.4 is 0 Å². The molecular weight excluding hydrogens is 366 g/mol. The van der Waals surface area contributed by atoms with E-state index in [9.17, 15) is 5.11 Å². The van der Waals surface area contributed by atoms with Crippen LogP contribution in [0, 0.1) is 5.92 Å². The molecule has 0 spiro atoms. The van der Waals surface area contributed by atoms with E-state index in [1.165, 1.54) is 42.0 Å². The van der Waals surface area contributed by atoms with E-state index in [1.807, 2.05) is 13.8 Å². The number of nitrogens with zero attached hydrogens (tertiary/aromatic N) is 1. The fourth-order valence-corrected chi connectivity index (χ4v) is 5.18. The van der Waals surface area contributed by atoms with Gasteiger partial charge in [0.15, 0.2) is 0 Å². The van der Waals surface area contributed by atoms with E-state index in [1.54, 1.807) is 0 Å². The van der Waals surface area contributed by atoms with Crippen LogP contribution in [0.5, 0.6) is 0 Å². The molecular formula is C28H45NO. The molecule has 1 aliphatic rings. The number of benzene rings is 2. The maximum atomic E-state index is 11.7. The van der Waals surface area contributed by atoms with E-state index in [4.69, 9.17) is 0 Å². The molecule has 2 aromatic carbocycles. The van der Waals surface area contributed by atoms with E-state index < -0.39 is 5.60 Å². The van der Waals surface area contributed by atoms with Gasteiger partial charge in [0.1, 0.15) is 0 Å². The first-order valence-electron chi connectivity index (χ1n) is 12.5. The average molecular weight is 412 g/mol. The van der Waals surface area contributed by atoms with Crippen LogP contribution in [0.1, 0.15) is 90.5 Å². The van der Waals surface area contributed by atoms with Crippen molar-refractivity contribution in [2.24, 2.45) is 5.92 Å². The molecule has 1 aliphatic carbocycles. The molecule has 0 bridgehead atoms. The van der Waals surface area contributed by atoms with Crippen LogP contribution in [0.15, 0.2) is 42.5 Å². The second kappa shape index (κ2) is 12.5. The lowest BCUT2D eigenvalue weighted by atomic mass is 9.72. The molecule has 2 atom stereocenters. The summed E-state index contributed by atoms with van der Waals surface area (Å²) in [6.45, 7) is 10.7. The maximum Gasteiger partial charge on any atom is 0.0728 e. The van der Waals surface area contributed by atoms with E-state index >= 15 is 0 Å². The lowest BCUT2D eigenvalue weighted by Crippen LogP contribution is -2.44. The van der Waals surface area contributed by atoms with Gasteiger partial charge in [-0.15, -0.1) is 0 Å². The highest BCUT2D eigenvalue weighted by Gasteiger charge is 2.39. The zero-order valence-electron chi connectivity index (χ0n) is 20.2. The SMILES string of the molecule is CC.CCCC(CC)CN(C)CC(c1ccc2ccccc2c1)C1(O)CCCCC1. The van der Waals surface area contributed by atoms with E-state index in [0.717, 1.165) is 44.7 Å². The van der Waals surface area contributed by atoms with Crippen LogP contribution in [0.3, 0.4) is 0 Å². The monoisotopic (exact) mass is 411 g/mol. The van der Waals surface area contributed by atoms with Crippen LogP contribution in [0.4, 0.5) is 0 Å². The molecule has 1 saturated carbocycles. The molecule has 2 aromatic rings. The Kier molecular flexibility index (Phi) is 10.3. The summed E-state index contributed by atoms with van der Waals surface area (Å²) in [4.78, 5) is 2.48. The third-order valence-electron chi connectivity index (χ3n) is 6.88. The van der Waals surface area contributed by atoms with Crippen molar-refractivity contribution in [1.82, 2.24) is 4.90 Å². The molecule has 3 rings (SSSR count). The highest BCUT2D eigenvalue weighted by Crippen LogP contribution is 2.41. The van der Waals surface area contributed by atoms with Gasteiger partial charge in [0.2, 0.25) is 0 Å². The molecule has 0 amide bonds. The van der Waals surface area contributed by atoms with Gasteiger partial charge in [-0.2, -0.15) is 0 Å². The summed E-state index contributed by atoms with van der Waals surface area (Å²) in [5, 5.41) is 14.2. The van der Waals surface area contributed by atoms with Gasteiger partial charge in [0.25, 0.3) is 0 Å². The smallest absolute Gasteiger partial charge is 0.0728 e. The van der Waals surface area contributed by atoms with Crippen molar-refractivity contribution in [2.45, 2.75) is 90.6 Å². The fourth-order valence-electron chi connectivity index (χ4n) is 5.18. The second-order valence-electron chi connectivity index (χ2n) is 9.11. The zero-order valence-corrected chi connectivity index (χ0v) is 20.2. The number of likely N-dealkylation sites (N-methyl/N-ethyl adjacent to an activating group) is 1. The fraction of sp³-hybridized carbons (Fsp3) is 0.643. The van der Waals surface area contributed by atoms with Crippen LogP contribution in [-0.4, -0.2) is 35.7 Å². The lowest BCUT2D eigenvalue weighted by molar-refractivity contribution is -0.0300. The van der Waals surface area contributed by atoms with Gasteiger partial charge < -0.3 is 10.0 Å². The highest BCUT2D eigenvalue weighted by atomic mass is 16.3. The highest BCUT2D eigenvalue weighted by molar-refractivity contribution is 5.83. The van der Waals surface area contributed by atoms with Crippen molar-refractivity contribution in [3.8, 4) is 0 Å². The van der Waals surface area contributed by atoms with Gasteiger partial charge in [-0.3, -0.25) is 0 Å². The molecule has 2 nitrogen and oxygen atoms in total. The van der Waals surface area contributed by atoms with E-state index in [0.29, 0.717) is 0 Å². The third kappa shape index (κ3) is 6.56. The molecule has 0 aromatic heterocycles. The Morgan fingerprint density at radius 2 is 1.60 bits per heavy atom. The van der Waals surface area contributed by atoms with Crippen molar-refractivity contribution in [3.05, 3.63) is 48.0 Å². The summed E-state index contributed by atoms with van der Waals surface area (Å²) in [6, 6.07) is 15.4. The van der Waals surface area contributed by atoms with Crippen molar-refractivity contribution in [1.29, 1.82) is 0 Å². The average Bonchev–Trinajstić information content (AvgIpc) is 2.78. The summed E-state index contributed by atoms with van der Waals surface area (Å²) in [7, 11) is 2.25. The first-order chi connectivity index (χ1) is 14.6. The standard InChI is InChI=1S/C26H39NO.C2H6/c1-4-11-21(5-2)19-27(3)20-25(26(28)16-9-6-10-17-26)24-15-14-22-12-7-8-13-23(22)18-24;1-2/h7-8,12-15,18,21,25,28H,4-6,9-11,16-17,19-20H2,1-3H3;1-2H3. The molecule has 0 radical (unpaired) electrons. The zero-order chi connectivity index (χ0) is 22.0. The minimum Gasteiger partial charge on any atom is -0.389 e. The largest absolute Gasteiger partial charge is 0.389 e. The Balaban J connectivity index is 0.00000155. The topological polar surface area (TPSA) is 23.5 Å². The van der Waals surface area contributed by atoms with Gasteiger partial charge in [-0.25, -0.2) is 0 Å². The first-order valence-corrected chi connectivity index (χ1v) is 12.5. The van der Waals surface area contributed by atoms with Crippen molar-refractivity contribution >= 4 is 10.8 Å². The molecule has 0 aliphatic heterocycles. The van der Waals surface area contributed by atoms with Gasteiger partial charge in [-0.1, -0.05) is 102 Å². The van der Waals surface area contributed by atoms with E-state index in [2.05, 4.69) is 68.3 Å². The van der Waals surface area contributed by atoms with Gasteiger partial charge in [0, 0.05) is 19.0 Å². The second-order valence-corrected chi connectivity index (χ2v) is 9.11. The molecule has 1 fully saturated rings. The minimum atomic E-state index is -0.568. The Morgan fingerprint density at radius 3 is 2.23 bits per heavy atom. The predicted octanol–water partition coefficient (Wildman–Crippen LogP) is 7.40. The Bertz CT molecular complexity index is 734. The Labute approximate surface area is 185 Å². The summed E-state index contributed by atoms with van der Waals surface area (Å²) >= 11 is 0. The molecule has 1 N–H and O–H groups in total. The Morgan fingerprint density at radius 1 is 0.933 bits per heavy atom. The molecule has 0 heterocycles. The number of fused-ring (bicyclic) bond motifs is 1. The van der Waals surface area contributed by atoms with Gasteiger partial charge >= 0.3 is 0 Å². The van der Waals surface area contributed by atoms with Gasteiger partial charge in [0.05, 0.1) is 5.60 Å². The number of hydrogen-bond donors (Lipinski definition) is 1. The summed E-state index contributed by atoms with van der Waals surface area (Å²) < 4.78 is 0. The molecule has 168 valence electrons. The quantitative estimate of drug-likeness (QED) is 0.464. The van der Waals surface area contributed by atoms with Crippen LogP contribution in [-0.2, 0) is 0 Å². The minimum absolute atomic E-state index is 0.182. The molecule has 0 saturated heterocycles. The normalized spacial score (nSPS) is 18.0. The molecule has 2 heteroatoms. The molecule has 30 heavy (non-hydrogen) atoms. The van der Waals surface area contributed by atoms with Crippen LogP contribution in [0.25, 0.3) is 10.8 Å². The van der Waals surface area contributed by atoms with Crippen LogP contribution >= 0.6 is 0 Å². The predicted molar refractivity (Wildman–Crippen MR) is 132 cm³/mol. The van der Waals surface area contributed by atoms with Gasteiger partial charge in [-0.05, 0) is 48.6 Å². The first kappa shape index (κ1) is 24.9. The maximum absolute atomic E-state index is 11.7. The third-order valence-corrected chi connectivity index (χ3v) is 6.88. The summed E-state index contributed by atoms with van der Waals surface area (Å²) in [5.41, 5.74) is 0.736. The number of hydrogen-bond acceptors (Lipinski definition) is 2.